The van der Waals surface area contributed by atoms with Crippen LogP contribution in [0.5, 0.6) is 0 Å². The molecule has 1 fully saturated rings. The van der Waals surface area contributed by atoms with Crippen molar-refractivity contribution in [2.75, 3.05) is 11.1 Å². The van der Waals surface area contributed by atoms with Crippen molar-refractivity contribution in [2.45, 2.75) is 25.3 Å². The Kier molecular flexibility index (Phi) is 3.24. The van der Waals surface area contributed by atoms with Gasteiger partial charge in [-0.1, -0.05) is 18.2 Å². The maximum absolute atomic E-state index is 13.1. The molecule has 1 aromatic carbocycles. The smallest absolute Gasteiger partial charge is 0.161 e. The van der Waals surface area contributed by atoms with Crippen LogP contribution in [0.15, 0.2) is 23.2 Å². The highest BCUT2D eigenvalue weighted by atomic mass is 32.2. The van der Waals surface area contributed by atoms with Crippen molar-refractivity contribution < 1.29 is 8.78 Å². The lowest BCUT2D eigenvalue weighted by Crippen LogP contribution is -2.25. The molecule has 0 saturated heterocycles. The molecule has 0 bridgehead atoms. The van der Waals surface area contributed by atoms with Gasteiger partial charge in [0.1, 0.15) is 11.6 Å². The van der Waals surface area contributed by atoms with Gasteiger partial charge in [0.2, 0.25) is 0 Å². The van der Waals surface area contributed by atoms with E-state index in [0.717, 1.165) is 23.4 Å². The minimum Gasteiger partial charge on any atom is -0.335 e. The molecule has 2 aliphatic rings. The van der Waals surface area contributed by atoms with Crippen molar-refractivity contribution in [1.82, 2.24) is 0 Å². The zero-order valence-electron chi connectivity index (χ0n) is 9.83. The summed E-state index contributed by atoms with van der Waals surface area (Å²) in [6.07, 6.45) is 3.62. The Morgan fingerprint density at radius 2 is 1.94 bits per heavy atom. The fraction of sp³-hybridized carbons (Fsp3) is 0.462. The topological polar surface area (TPSA) is 24.4 Å². The largest absolute Gasteiger partial charge is 0.335 e. The Bertz CT molecular complexity index is 470. The Morgan fingerprint density at radius 3 is 2.72 bits per heavy atom. The second-order valence-corrected chi connectivity index (χ2v) is 5.80. The van der Waals surface area contributed by atoms with Crippen LogP contribution < -0.4 is 5.32 Å². The number of aliphatic imine (C=N–C) groups is 1. The summed E-state index contributed by atoms with van der Waals surface area (Å²) < 4.78 is 26.1. The van der Waals surface area contributed by atoms with Gasteiger partial charge in [0.25, 0.3) is 0 Å². The fourth-order valence-electron chi connectivity index (χ4n) is 2.57. The number of amidine groups is 1. The maximum Gasteiger partial charge on any atom is 0.161 e. The summed E-state index contributed by atoms with van der Waals surface area (Å²) in [5, 5.41) is 3.79. The standard InChI is InChI=1S/C13H14F2N2S/c14-9-4-10(15)6-11(5-9)16-13-17-12-3-1-2-8(12)7-18-13/h4-6,8,12H,1-3,7H2,(H,16,17). The lowest BCUT2D eigenvalue weighted by molar-refractivity contribution is 0.535. The molecule has 2 unspecified atom stereocenters. The Hall–Kier alpha value is -1.10. The monoisotopic (exact) mass is 268 g/mol. The number of halogens is 2. The number of thioether (sulfide) groups is 1. The van der Waals surface area contributed by atoms with Gasteiger partial charge in [-0.25, -0.2) is 8.78 Å². The SMILES string of the molecule is Fc1cc(F)cc(NC2=NC3CCCC3CS2)c1. The molecule has 2 nitrogen and oxygen atoms in total. The quantitative estimate of drug-likeness (QED) is 0.840. The van der Waals surface area contributed by atoms with Crippen molar-refractivity contribution in [3.8, 4) is 0 Å². The van der Waals surface area contributed by atoms with Crippen LogP contribution in [0, 0.1) is 17.6 Å². The minimum absolute atomic E-state index is 0.396. The normalized spacial score (nSPS) is 26.7. The van der Waals surface area contributed by atoms with Crippen molar-refractivity contribution in [3.05, 3.63) is 29.8 Å². The average Bonchev–Trinajstić information content (AvgIpc) is 2.74. The number of anilines is 1. The first-order valence-electron chi connectivity index (χ1n) is 6.14. The predicted molar refractivity (Wildman–Crippen MR) is 71.0 cm³/mol. The molecule has 0 amide bonds. The summed E-state index contributed by atoms with van der Waals surface area (Å²) in [5.74, 6) is 0.592. The van der Waals surface area contributed by atoms with Crippen LogP contribution in [-0.4, -0.2) is 17.0 Å². The van der Waals surface area contributed by atoms with Gasteiger partial charge in [0, 0.05) is 17.5 Å². The summed E-state index contributed by atoms with van der Waals surface area (Å²) in [4.78, 5) is 4.62. The Morgan fingerprint density at radius 1 is 1.17 bits per heavy atom. The first kappa shape index (κ1) is 12.0. The number of hydrogen-bond acceptors (Lipinski definition) is 3. The molecule has 1 heterocycles. The molecular weight excluding hydrogens is 254 g/mol. The van der Waals surface area contributed by atoms with Gasteiger partial charge in [0.15, 0.2) is 5.17 Å². The number of hydrogen-bond donors (Lipinski definition) is 1. The minimum atomic E-state index is -0.572. The Labute approximate surface area is 109 Å². The van der Waals surface area contributed by atoms with E-state index in [0.29, 0.717) is 17.6 Å². The number of nitrogens with one attached hydrogen (secondary N) is 1. The molecule has 5 heteroatoms. The maximum atomic E-state index is 13.1. The molecule has 2 atom stereocenters. The van der Waals surface area contributed by atoms with Gasteiger partial charge < -0.3 is 5.32 Å². The van der Waals surface area contributed by atoms with Gasteiger partial charge in [-0.05, 0) is 30.9 Å². The van der Waals surface area contributed by atoms with Gasteiger partial charge in [-0.3, -0.25) is 4.99 Å². The van der Waals surface area contributed by atoms with Crippen LogP contribution in [0.4, 0.5) is 14.5 Å². The average molecular weight is 268 g/mol. The molecule has 0 aromatic heterocycles. The van der Waals surface area contributed by atoms with E-state index in [1.807, 2.05) is 0 Å². The lowest BCUT2D eigenvalue weighted by atomic mass is 10.1. The van der Waals surface area contributed by atoms with Crippen LogP contribution in [0.25, 0.3) is 0 Å². The van der Waals surface area contributed by atoms with Crippen molar-refractivity contribution in [2.24, 2.45) is 10.9 Å². The van der Waals surface area contributed by atoms with E-state index in [9.17, 15) is 8.78 Å². The van der Waals surface area contributed by atoms with E-state index < -0.39 is 11.6 Å². The van der Waals surface area contributed by atoms with Crippen LogP contribution in [0.3, 0.4) is 0 Å². The zero-order valence-corrected chi connectivity index (χ0v) is 10.6. The summed E-state index contributed by atoms with van der Waals surface area (Å²) in [7, 11) is 0. The van der Waals surface area contributed by atoms with E-state index in [2.05, 4.69) is 10.3 Å². The van der Waals surface area contributed by atoms with Crippen LogP contribution in [0.2, 0.25) is 0 Å². The molecule has 3 rings (SSSR count). The molecule has 0 radical (unpaired) electrons. The summed E-state index contributed by atoms with van der Waals surface area (Å²) in [5.41, 5.74) is 0.426. The van der Waals surface area contributed by atoms with Gasteiger partial charge in [-0.15, -0.1) is 0 Å². The van der Waals surface area contributed by atoms with E-state index in [-0.39, 0.29) is 0 Å². The number of benzene rings is 1. The summed E-state index contributed by atoms with van der Waals surface area (Å²) >= 11 is 1.64. The highest BCUT2D eigenvalue weighted by Gasteiger charge is 2.30. The summed E-state index contributed by atoms with van der Waals surface area (Å²) in [6, 6.07) is 3.83. The van der Waals surface area contributed by atoms with Crippen LogP contribution in [0.1, 0.15) is 19.3 Å². The predicted octanol–water partition coefficient (Wildman–Crippen LogP) is 3.65. The van der Waals surface area contributed by atoms with Gasteiger partial charge in [-0.2, -0.15) is 0 Å². The number of rotatable bonds is 1. The summed E-state index contributed by atoms with van der Waals surface area (Å²) in [6.45, 7) is 0. The molecule has 1 N–H and O–H groups in total. The van der Waals surface area contributed by atoms with Crippen molar-refractivity contribution in [3.63, 3.8) is 0 Å². The van der Waals surface area contributed by atoms with Crippen LogP contribution in [-0.2, 0) is 0 Å². The molecular formula is C13H14F2N2S. The van der Waals surface area contributed by atoms with E-state index in [4.69, 9.17) is 0 Å². The Balaban J connectivity index is 1.76. The molecule has 0 spiro atoms. The van der Waals surface area contributed by atoms with Crippen molar-refractivity contribution in [1.29, 1.82) is 0 Å². The molecule has 1 aliphatic carbocycles. The molecule has 1 saturated carbocycles. The molecule has 96 valence electrons. The third-order valence-corrected chi connectivity index (χ3v) is 4.53. The van der Waals surface area contributed by atoms with Gasteiger partial charge >= 0.3 is 0 Å². The highest BCUT2D eigenvalue weighted by Crippen LogP contribution is 2.35. The molecule has 18 heavy (non-hydrogen) atoms. The molecule has 1 aliphatic heterocycles. The van der Waals surface area contributed by atoms with E-state index >= 15 is 0 Å². The van der Waals surface area contributed by atoms with Gasteiger partial charge in [0.05, 0.1) is 6.04 Å². The number of fused-ring (bicyclic) bond motifs is 1. The van der Waals surface area contributed by atoms with E-state index in [1.165, 1.54) is 25.0 Å². The van der Waals surface area contributed by atoms with Crippen LogP contribution >= 0.6 is 11.8 Å². The van der Waals surface area contributed by atoms with Crippen molar-refractivity contribution >= 4 is 22.6 Å². The number of nitrogens with zero attached hydrogens (tertiary/aromatic N) is 1. The lowest BCUT2D eigenvalue weighted by Gasteiger charge is -2.23. The second-order valence-electron chi connectivity index (χ2n) is 4.79. The van der Waals surface area contributed by atoms with E-state index in [1.54, 1.807) is 11.8 Å². The first-order valence-corrected chi connectivity index (χ1v) is 7.13. The third kappa shape index (κ3) is 2.51. The highest BCUT2D eigenvalue weighted by molar-refractivity contribution is 8.14. The molecule has 1 aromatic rings. The zero-order chi connectivity index (χ0) is 12.5. The third-order valence-electron chi connectivity index (χ3n) is 3.45. The second kappa shape index (κ2) is 4.88. The fourth-order valence-corrected chi connectivity index (χ4v) is 3.73. The first-order chi connectivity index (χ1) is 8.70.